The molecule has 112 valence electrons. The predicted octanol–water partition coefficient (Wildman–Crippen LogP) is 2.75. The molecule has 1 N–H and O–H groups in total. The average molecular weight is 279 g/mol. The van der Waals surface area contributed by atoms with Crippen LogP contribution in [0, 0.1) is 0 Å². The van der Waals surface area contributed by atoms with Crippen LogP contribution in [0.25, 0.3) is 0 Å². The highest BCUT2D eigenvalue weighted by atomic mass is 16.5. The van der Waals surface area contributed by atoms with Gasteiger partial charge in [0.25, 0.3) is 0 Å². The summed E-state index contributed by atoms with van der Waals surface area (Å²) < 4.78 is 16.5. The molecule has 0 unspecified atom stereocenters. The standard InChI is InChI=1S/C16H25NO3/c1-4-20-15-10-13(6-7-14(15)18-2)11-17-12-16(19-3)8-5-9-16/h6-7,10,17H,4-5,8-9,11-12H2,1-3H3. The normalized spacial score (nSPS) is 16.6. The van der Waals surface area contributed by atoms with Crippen molar-refractivity contribution in [3.05, 3.63) is 23.8 Å². The zero-order chi connectivity index (χ0) is 14.4. The van der Waals surface area contributed by atoms with Crippen LogP contribution in [-0.2, 0) is 11.3 Å². The first-order chi connectivity index (χ1) is 9.73. The van der Waals surface area contributed by atoms with Gasteiger partial charge in [-0.15, -0.1) is 0 Å². The Morgan fingerprint density at radius 3 is 2.55 bits per heavy atom. The first kappa shape index (κ1) is 15.1. The third kappa shape index (κ3) is 3.44. The molecule has 4 heteroatoms. The SMILES string of the molecule is CCOc1cc(CNCC2(OC)CCC2)ccc1OC. The summed E-state index contributed by atoms with van der Waals surface area (Å²) >= 11 is 0. The fourth-order valence-corrected chi connectivity index (χ4v) is 2.56. The summed E-state index contributed by atoms with van der Waals surface area (Å²) in [6.07, 6.45) is 3.58. The highest BCUT2D eigenvalue weighted by Gasteiger charge is 2.36. The quantitative estimate of drug-likeness (QED) is 0.794. The zero-order valence-corrected chi connectivity index (χ0v) is 12.7. The Bertz CT molecular complexity index is 424. The Labute approximate surface area is 121 Å². The van der Waals surface area contributed by atoms with E-state index in [2.05, 4.69) is 11.4 Å². The van der Waals surface area contributed by atoms with E-state index in [0.717, 1.165) is 37.4 Å². The van der Waals surface area contributed by atoms with Crippen molar-refractivity contribution in [3.63, 3.8) is 0 Å². The predicted molar refractivity (Wildman–Crippen MR) is 79.5 cm³/mol. The molecule has 0 aliphatic heterocycles. The third-order valence-electron chi connectivity index (χ3n) is 4.00. The van der Waals surface area contributed by atoms with E-state index in [1.807, 2.05) is 19.1 Å². The minimum Gasteiger partial charge on any atom is -0.493 e. The maximum atomic E-state index is 5.60. The fourth-order valence-electron chi connectivity index (χ4n) is 2.56. The molecule has 4 nitrogen and oxygen atoms in total. The summed E-state index contributed by atoms with van der Waals surface area (Å²) in [6, 6.07) is 6.06. The van der Waals surface area contributed by atoms with Crippen LogP contribution in [-0.4, -0.2) is 33.0 Å². The van der Waals surface area contributed by atoms with Gasteiger partial charge in [-0.25, -0.2) is 0 Å². The van der Waals surface area contributed by atoms with Crippen LogP contribution in [0.1, 0.15) is 31.7 Å². The average Bonchev–Trinajstić information content (AvgIpc) is 2.42. The molecule has 0 spiro atoms. The number of methoxy groups -OCH3 is 2. The molecule has 2 rings (SSSR count). The van der Waals surface area contributed by atoms with Gasteiger partial charge in [-0.05, 0) is 43.9 Å². The van der Waals surface area contributed by atoms with Gasteiger partial charge in [-0.1, -0.05) is 6.07 Å². The van der Waals surface area contributed by atoms with Gasteiger partial charge in [-0.2, -0.15) is 0 Å². The number of rotatable bonds is 8. The molecule has 1 aromatic carbocycles. The van der Waals surface area contributed by atoms with E-state index in [0.29, 0.717) is 6.61 Å². The molecule has 0 radical (unpaired) electrons. The Morgan fingerprint density at radius 1 is 1.20 bits per heavy atom. The monoisotopic (exact) mass is 279 g/mol. The van der Waals surface area contributed by atoms with Crippen LogP contribution in [0.2, 0.25) is 0 Å². The second-order valence-corrected chi connectivity index (χ2v) is 5.26. The van der Waals surface area contributed by atoms with E-state index < -0.39 is 0 Å². The molecule has 0 aromatic heterocycles. The van der Waals surface area contributed by atoms with Crippen LogP contribution in [0.4, 0.5) is 0 Å². The molecule has 0 heterocycles. The number of nitrogens with one attached hydrogen (secondary N) is 1. The van der Waals surface area contributed by atoms with Crippen molar-refractivity contribution in [3.8, 4) is 11.5 Å². The Morgan fingerprint density at radius 2 is 2.00 bits per heavy atom. The molecule has 1 saturated carbocycles. The summed E-state index contributed by atoms with van der Waals surface area (Å²) in [6.45, 7) is 4.33. The second-order valence-electron chi connectivity index (χ2n) is 5.26. The lowest BCUT2D eigenvalue weighted by Crippen LogP contribution is -2.47. The minimum atomic E-state index is 0.0647. The Balaban J connectivity index is 1.90. The van der Waals surface area contributed by atoms with Crippen molar-refractivity contribution in [1.29, 1.82) is 0 Å². The highest BCUT2D eigenvalue weighted by molar-refractivity contribution is 5.42. The van der Waals surface area contributed by atoms with E-state index in [1.165, 1.54) is 12.0 Å². The van der Waals surface area contributed by atoms with Gasteiger partial charge in [0.2, 0.25) is 0 Å². The minimum absolute atomic E-state index is 0.0647. The number of benzene rings is 1. The van der Waals surface area contributed by atoms with E-state index >= 15 is 0 Å². The molecule has 1 aromatic rings. The van der Waals surface area contributed by atoms with Gasteiger partial charge in [-0.3, -0.25) is 0 Å². The first-order valence-corrected chi connectivity index (χ1v) is 7.28. The zero-order valence-electron chi connectivity index (χ0n) is 12.7. The molecule has 0 bridgehead atoms. The van der Waals surface area contributed by atoms with Crippen molar-refractivity contribution in [2.45, 2.75) is 38.3 Å². The largest absolute Gasteiger partial charge is 0.493 e. The summed E-state index contributed by atoms with van der Waals surface area (Å²) in [5, 5.41) is 3.48. The van der Waals surface area contributed by atoms with Gasteiger partial charge in [0.05, 0.1) is 19.3 Å². The van der Waals surface area contributed by atoms with E-state index in [1.54, 1.807) is 14.2 Å². The van der Waals surface area contributed by atoms with Gasteiger partial charge < -0.3 is 19.5 Å². The molecular weight excluding hydrogens is 254 g/mol. The summed E-state index contributed by atoms with van der Waals surface area (Å²) in [5.41, 5.74) is 1.26. The van der Waals surface area contributed by atoms with E-state index in [9.17, 15) is 0 Å². The topological polar surface area (TPSA) is 39.7 Å². The van der Waals surface area contributed by atoms with Crippen LogP contribution in [0.15, 0.2) is 18.2 Å². The lowest BCUT2D eigenvalue weighted by molar-refractivity contribution is -0.0695. The second kappa shape index (κ2) is 6.95. The fraction of sp³-hybridized carbons (Fsp3) is 0.625. The maximum Gasteiger partial charge on any atom is 0.161 e. The number of ether oxygens (including phenoxy) is 3. The molecule has 1 aliphatic carbocycles. The van der Waals surface area contributed by atoms with Crippen molar-refractivity contribution in [2.75, 3.05) is 27.4 Å². The van der Waals surface area contributed by atoms with Gasteiger partial charge in [0.15, 0.2) is 11.5 Å². The van der Waals surface area contributed by atoms with Crippen molar-refractivity contribution in [1.82, 2.24) is 5.32 Å². The van der Waals surface area contributed by atoms with E-state index in [-0.39, 0.29) is 5.60 Å². The Kier molecular flexibility index (Phi) is 5.26. The lowest BCUT2D eigenvalue weighted by Gasteiger charge is -2.40. The van der Waals surface area contributed by atoms with Crippen molar-refractivity contribution in [2.24, 2.45) is 0 Å². The number of hydrogen-bond donors (Lipinski definition) is 1. The molecule has 0 amide bonds. The molecule has 0 atom stereocenters. The summed E-state index contributed by atoms with van der Waals surface area (Å²) in [4.78, 5) is 0. The first-order valence-electron chi connectivity index (χ1n) is 7.28. The van der Waals surface area contributed by atoms with Gasteiger partial charge >= 0.3 is 0 Å². The van der Waals surface area contributed by atoms with Crippen LogP contribution >= 0.6 is 0 Å². The highest BCUT2D eigenvalue weighted by Crippen LogP contribution is 2.34. The molecule has 20 heavy (non-hydrogen) atoms. The third-order valence-corrected chi connectivity index (χ3v) is 4.00. The Hall–Kier alpha value is -1.26. The van der Waals surface area contributed by atoms with Gasteiger partial charge in [0, 0.05) is 20.2 Å². The van der Waals surface area contributed by atoms with Crippen molar-refractivity contribution < 1.29 is 14.2 Å². The molecule has 1 aliphatic rings. The summed E-state index contributed by atoms with van der Waals surface area (Å²) in [5.74, 6) is 1.59. The van der Waals surface area contributed by atoms with Crippen molar-refractivity contribution >= 4 is 0 Å². The molecular formula is C16H25NO3. The molecule has 0 saturated heterocycles. The lowest BCUT2D eigenvalue weighted by atomic mass is 9.80. The van der Waals surface area contributed by atoms with Crippen LogP contribution in [0.5, 0.6) is 11.5 Å². The van der Waals surface area contributed by atoms with E-state index in [4.69, 9.17) is 14.2 Å². The van der Waals surface area contributed by atoms with Crippen LogP contribution < -0.4 is 14.8 Å². The smallest absolute Gasteiger partial charge is 0.161 e. The van der Waals surface area contributed by atoms with Gasteiger partial charge in [0.1, 0.15) is 0 Å². The maximum absolute atomic E-state index is 5.60. The van der Waals surface area contributed by atoms with Crippen LogP contribution in [0.3, 0.4) is 0 Å². The molecule has 1 fully saturated rings. The number of hydrogen-bond acceptors (Lipinski definition) is 4. The summed E-state index contributed by atoms with van der Waals surface area (Å²) in [7, 11) is 3.47.